The second-order valence-corrected chi connectivity index (χ2v) is 5.94. The lowest BCUT2D eigenvalue weighted by Gasteiger charge is -2.27. The number of aliphatic imine (C=N–C) groups is 1. The largest absolute Gasteiger partial charge is 0.370 e. The first-order valence-corrected chi connectivity index (χ1v) is 7.66. The topological polar surface area (TPSA) is 84.8 Å². The predicted octanol–water partition coefficient (Wildman–Crippen LogP) is 2.11. The lowest BCUT2D eigenvalue weighted by Crippen LogP contribution is -2.42. The van der Waals surface area contributed by atoms with Crippen molar-refractivity contribution >= 4 is 35.0 Å². The van der Waals surface area contributed by atoms with Crippen molar-refractivity contribution in [2.24, 2.45) is 10.7 Å². The molecule has 0 radical (unpaired) electrons. The maximum absolute atomic E-state index is 10.7. The van der Waals surface area contributed by atoms with Crippen molar-refractivity contribution in [3.05, 3.63) is 38.9 Å². The molecule has 0 unspecified atom stereocenters. The molecule has 2 rings (SSSR count). The molecule has 108 valence electrons. The van der Waals surface area contributed by atoms with Crippen LogP contribution in [0.1, 0.15) is 5.56 Å². The Morgan fingerprint density at radius 1 is 1.50 bits per heavy atom. The number of benzene rings is 1. The standard InChI is InChI=1S/C12H15ClN4O2S/c13-11-2-1-10(17(18)19)7-9(11)8-15-12(14)16-3-5-20-6-4-16/h1-2,7H,3-6,8H2,(H2,14,15). The molecule has 0 aromatic heterocycles. The minimum absolute atomic E-state index is 0.00699. The van der Waals surface area contributed by atoms with Gasteiger partial charge in [-0.3, -0.25) is 10.1 Å². The quantitative estimate of drug-likeness (QED) is 0.400. The van der Waals surface area contributed by atoms with Crippen molar-refractivity contribution in [3.8, 4) is 0 Å². The van der Waals surface area contributed by atoms with Crippen LogP contribution in [0.2, 0.25) is 5.02 Å². The molecule has 0 spiro atoms. The molecular weight excluding hydrogens is 300 g/mol. The van der Waals surface area contributed by atoms with Crippen molar-refractivity contribution in [2.75, 3.05) is 24.6 Å². The maximum atomic E-state index is 10.7. The van der Waals surface area contributed by atoms with Gasteiger partial charge in [-0.2, -0.15) is 11.8 Å². The molecule has 0 aliphatic carbocycles. The van der Waals surface area contributed by atoms with Crippen LogP contribution >= 0.6 is 23.4 Å². The molecule has 1 fully saturated rings. The van der Waals surface area contributed by atoms with Gasteiger partial charge in [0.1, 0.15) is 0 Å². The lowest BCUT2D eigenvalue weighted by molar-refractivity contribution is -0.384. The molecule has 1 aliphatic heterocycles. The summed E-state index contributed by atoms with van der Waals surface area (Å²) in [5.41, 5.74) is 6.55. The Labute approximate surface area is 126 Å². The van der Waals surface area contributed by atoms with Crippen LogP contribution in [0.25, 0.3) is 0 Å². The van der Waals surface area contributed by atoms with Gasteiger partial charge < -0.3 is 10.6 Å². The highest BCUT2D eigenvalue weighted by Crippen LogP contribution is 2.22. The summed E-state index contributed by atoms with van der Waals surface area (Å²) in [5, 5.41) is 11.2. The van der Waals surface area contributed by atoms with E-state index in [0.29, 0.717) is 16.5 Å². The summed E-state index contributed by atoms with van der Waals surface area (Å²) in [6.45, 7) is 2.00. The van der Waals surface area contributed by atoms with E-state index in [9.17, 15) is 10.1 Å². The van der Waals surface area contributed by atoms with Crippen molar-refractivity contribution in [2.45, 2.75) is 6.54 Å². The van der Waals surface area contributed by atoms with E-state index < -0.39 is 4.92 Å². The van der Waals surface area contributed by atoms with Crippen molar-refractivity contribution in [3.63, 3.8) is 0 Å². The Bertz CT molecular complexity index is 532. The zero-order valence-corrected chi connectivity index (χ0v) is 12.4. The maximum Gasteiger partial charge on any atom is 0.269 e. The van der Waals surface area contributed by atoms with Gasteiger partial charge in [0.2, 0.25) is 0 Å². The average molecular weight is 315 g/mol. The Kier molecular flexibility index (Phi) is 5.08. The summed E-state index contributed by atoms with van der Waals surface area (Å²) in [6, 6.07) is 4.32. The first-order valence-electron chi connectivity index (χ1n) is 6.13. The number of nitrogens with two attached hydrogens (primary N) is 1. The average Bonchev–Trinajstić information content (AvgIpc) is 2.46. The first-order chi connectivity index (χ1) is 9.58. The number of non-ortho nitro benzene ring substituents is 1. The van der Waals surface area contributed by atoms with E-state index in [4.69, 9.17) is 17.3 Å². The fraction of sp³-hybridized carbons (Fsp3) is 0.417. The highest BCUT2D eigenvalue weighted by Gasteiger charge is 2.13. The molecule has 2 N–H and O–H groups in total. The molecule has 6 nitrogen and oxygen atoms in total. The summed E-state index contributed by atoms with van der Waals surface area (Å²) in [4.78, 5) is 16.6. The Morgan fingerprint density at radius 2 is 2.20 bits per heavy atom. The second kappa shape index (κ2) is 6.81. The molecule has 0 bridgehead atoms. The normalized spacial score (nSPS) is 16.2. The zero-order chi connectivity index (χ0) is 14.5. The Hall–Kier alpha value is -1.47. The third-order valence-electron chi connectivity index (χ3n) is 2.99. The molecule has 1 aromatic rings. The van der Waals surface area contributed by atoms with Gasteiger partial charge in [0, 0.05) is 41.8 Å². The van der Waals surface area contributed by atoms with E-state index in [1.54, 1.807) is 0 Å². The molecule has 1 saturated heterocycles. The minimum atomic E-state index is -0.450. The van der Waals surface area contributed by atoms with Crippen LogP contribution in [0, 0.1) is 10.1 Å². The van der Waals surface area contributed by atoms with Gasteiger partial charge in [0.05, 0.1) is 11.5 Å². The summed E-state index contributed by atoms with van der Waals surface area (Å²) in [5.74, 6) is 2.54. The molecule has 1 heterocycles. The zero-order valence-electron chi connectivity index (χ0n) is 10.8. The van der Waals surface area contributed by atoms with Crippen LogP contribution in [0.5, 0.6) is 0 Å². The number of nitro groups is 1. The second-order valence-electron chi connectivity index (χ2n) is 4.31. The highest BCUT2D eigenvalue weighted by atomic mass is 35.5. The van der Waals surface area contributed by atoms with Gasteiger partial charge in [-0.25, -0.2) is 4.99 Å². The summed E-state index contributed by atoms with van der Waals surface area (Å²) < 4.78 is 0. The van der Waals surface area contributed by atoms with Gasteiger partial charge in [0.15, 0.2) is 5.96 Å². The SMILES string of the molecule is NC(=NCc1cc([N+](=O)[O-])ccc1Cl)N1CCSCC1. The van der Waals surface area contributed by atoms with Gasteiger partial charge in [-0.15, -0.1) is 0 Å². The number of halogens is 1. The van der Waals surface area contributed by atoms with Crippen LogP contribution in [0.4, 0.5) is 5.69 Å². The van der Waals surface area contributed by atoms with Gasteiger partial charge >= 0.3 is 0 Å². The predicted molar refractivity (Wildman–Crippen MR) is 82.3 cm³/mol. The number of thioether (sulfide) groups is 1. The van der Waals surface area contributed by atoms with E-state index >= 15 is 0 Å². The van der Waals surface area contributed by atoms with Crippen LogP contribution in [-0.2, 0) is 6.54 Å². The smallest absolute Gasteiger partial charge is 0.269 e. The highest BCUT2D eigenvalue weighted by molar-refractivity contribution is 7.99. The van der Waals surface area contributed by atoms with Crippen molar-refractivity contribution in [1.82, 2.24) is 4.90 Å². The molecule has 0 amide bonds. The Morgan fingerprint density at radius 3 is 2.85 bits per heavy atom. The summed E-state index contributed by atoms with van der Waals surface area (Å²) in [7, 11) is 0. The molecule has 1 aromatic carbocycles. The van der Waals surface area contributed by atoms with Crippen molar-refractivity contribution in [1.29, 1.82) is 0 Å². The molecule has 0 atom stereocenters. The summed E-state index contributed by atoms with van der Waals surface area (Å²) >= 11 is 7.91. The van der Waals surface area contributed by atoms with Crippen molar-refractivity contribution < 1.29 is 4.92 Å². The number of hydrogen-bond donors (Lipinski definition) is 1. The number of rotatable bonds is 3. The molecule has 20 heavy (non-hydrogen) atoms. The van der Waals surface area contributed by atoms with Crippen LogP contribution in [-0.4, -0.2) is 40.4 Å². The number of hydrogen-bond acceptors (Lipinski definition) is 4. The number of nitro benzene ring substituents is 1. The summed E-state index contributed by atoms with van der Waals surface area (Å²) in [6.07, 6.45) is 0. The number of guanidine groups is 1. The number of nitrogens with zero attached hydrogens (tertiary/aromatic N) is 3. The van der Waals surface area contributed by atoms with Crippen LogP contribution in [0.15, 0.2) is 23.2 Å². The third kappa shape index (κ3) is 3.77. The fourth-order valence-electron chi connectivity index (χ4n) is 1.85. The van der Waals surface area contributed by atoms with Gasteiger partial charge in [0.25, 0.3) is 5.69 Å². The Balaban J connectivity index is 2.09. The molecular formula is C12H15ClN4O2S. The van der Waals surface area contributed by atoms with E-state index in [1.807, 2.05) is 16.7 Å². The van der Waals surface area contributed by atoms with E-state index in [1.165, 1.54) is 18.2 Å². The third-order valence-corrected chi connectivity index (χ3v) is 4.30. The van der Waals surface area contributed by atoms with Crippen LogP contribution < -0.4 is 5.73 Å². The minimum Gasteiger partial charge on any atom is -0.370 e. The van der Waals surface area contributed by atoms with Crippen LogP contribution in [0.3, 0.4) is 0 Å². The first kappa shape index (κ1) is 14.9. The van der Waals surface area contributed by atoms with Gasteiger partial charge in [-0.05, 0) is 11.6 Å². The van der Waals surface area contributed by atoms with Gasteiger partial charge in [-0.1, -0.05) is 11.6 Å². The lowest BCUT2D eigenvalue weighted by atomic mass is 10.2. The fourth-order valence-corrected chi connectivity index (χ4v) is 2.93. The van der Waals surface area contributed by atoms with E-state index in [2.05, 4.69) is 4.99 Å². The van der Waals surface area contributed by atoms with E-state index in [-0.39, 0.29) is 12.2 Å². The van der Waals surface area contributed by atoms with E-state index in [0.717, 1.165) is 24.6 Å². The molecule has 0 saturated carbocycles. The molecule has 1 aliphatic rings. The molecule has 8 heteroatoms. The monoisotopic (exact) mass is 314 g/mol.